The van der Waals surface area contributed by atoms with Crippen LogP contribution in [0.25, 0.3) is 0 Å². The predicted octanol–water partition coefficient (Wildman–Crippen LogP) is 2.02. The summed E-state index contributed by atoms with van der Waals surface area (Å²) in [5.74, 6) is 0. The molecular formula is C8H10F3NO2S. The second-order valence-corrected chi connectivity index (χ2v) is 4.26. The zero-order chi connectivity index (χ0) is 11.7. The van der Waals surface area contributed by atoms with Crippen LogP contribution < -0.4 is 0 Å². The highest BCUT2D eigenvalue weighted by Gasteiger charge is 2.37. The lowest BCUT2D eigenvalue weighted by Gasteiger charge is -2.19. The fraction of sp³-hybridized carbons (Fsp3) is 0.625. The molecule has 1 atom stereocenters. The van der Waals surface area contributed by atoms with E-state index in [1.165, 1.54) is 14.0 Å². The van der Waals surface area contributed by atoms with Gasteiger partial charge in [-0.05, 0) is 6.92 Å². The fourth-order valence-corrected chi connectivity index (χ4v) is 1.82. The molecule has 0 fully saturated rings. The van der Waals surface area contributed by atoms with E-state index in [4.69, 9.17) is 4.74 Å². The molecule has 86 valence electrons. The molecule has 0 saturated heterocycles. The van der Waals surface area contributed by atoms with Crippen molar-refractivity contribution in [2.24, 2.45) is 0 Å². The quantitative estimate of drug-likeness (QED) is 0.880. The smallest absolute Gasteiger partial charge is 0.382 e. The Morgan fingerprint density at radius 2 is 2.13 bits per heavy atom. The van der Waals surface area contributed by atoms with Gasteiger partial charge in [-0.1, -0.05) is 0 Å². The first-order valence-corrected chi connectivity index (χ1v) is 4.84. The molecule has 0 aliphatic rings. The van der Waals surface area contributed by atoms with Gasteiger partial charge in [0.15, 0.2) is 5.01 Å². The molecule has 0 aromatic carbocycles. The molecule has 0 spiro atoms. The minimum atomic E-state index is -4.47. The number of hydrogen-bond acceptors (Lipinski definition) is 4. The van der Waals surface area contributed by atoms with Gasteiger partial charge < -0.3 is 9.84 Å². The summed E-state index contributed by atoms with van der Waals surface area (Å²) >= 11 is 0.421. The molecule has 1 N–H and O–H groups in total. The van der Waals surface area contributed by atoms with Crippen molar-refractivity contribution in [1.82, 2.24) is 4.98 Å². The summed E-state index contributed by atoms with van der Waals surface area (Å²) in [4.78, 5) is 3.35. The lowest BCUT2D eigenvalue weighted by atomic mass is 10.1. The molecule has 3 nitrogen and oxygen atoms in total. The number of rotatable bonds is 3. The maximum absolute atomic E-state index is 12.2. The fourth-order valence-electron chi connectivity index (χ4n) is 1.01. The summed E-state index contributed by atoms with van der Waals surface area (Å²) in [5, 5.41) is 8.78. The monoisotopic (exact) mass is 241 g/mol. The number of nitrogens with zero attached hydrogens (tertiary/aromatic N) is 1. The van der Waals surface area contributed by atoms with Crippen molar-refractivity contribution in [1.29, 1.82) is 0 Å². The number of thiazole rings is 1. The lowest BCUT2D eigenvalue weighted by Crippen LogP contribution is -2.25. The van der Waals surface area contributed by atoms with Gasteiger partial charge in [0, 0.05) is 13.3 Å². The zero-order valence-electron chi connectivity index (χ0n) is 8.13. The molecule has 0 amide bonds. The summed E-state index contributed by atoms with van der Waals surface area (Å²) in [6, 6.07) is 0. The second-order valence-electron chi connectivity index (χ2n) is 3.23. The largest absolute Gasteiger partial charge is 0.443 e. The molecule has 1 aromatic heterocycles. The van der Waals surface area contributed by atoms with Crippen LogP contribution in [0.5, 0.6) is 0 Å². The second kappa shape index (κ2) is 4.07. The first-order chi connectivity index (χ1) is 6.77. The molecule has 1 aromatic rings. The van der Waals surface area contributed by atoms with Gasteiger partial charge in [-0.2, -0.15) is 13.2 Å². The Labute approximate surface area is 88.5 Å². The van der Waals surface area contributed by atoms with Crippen LogP contribution in [0.15, 0.2) is 6.20 Å². The van der Waals surface area contributed by atoms with Crippen molar-refractivity contribution in [3.63, 3.8) is 0 Å². The first-order valence-electron chi connectivity index (χ1n) is 4.02. The van der Waals surface area contributed by atoms with Crippen LogP contribution in [0.1, 0.15) is 16.8 Å². The summed E-state index contributed by atoms with van der Waals surface area (Å²) < 4.78 is 41.3. The van der Waals surface area contributed by atoms with Crippen LogP contribution in [0, 0.1) is 0 Å². The Hall–Kier alpha value is -0.660. The zero-order valence-corrected chi connectivity index (χ0v) is 8.95. The van der Waals surface area contributed by atoms with E-state index in [1.54, 1.807) is 0 Å². The van der Waals surface area contributed by atoms with E-state index >= 15 is 0 Å². The number of alkyl halides is 3. The van der Waals surface area contributed by atoms with Gasteiger partial charge in [-0.15, -0.1) is 11.3 Å². The van der Waals surface area contributed by atoms with Gasteiger partial charge in [0.25, 0.3) is 0 Å². The SMILES string of the molecule is COCC(C)(O)c1cnc(C(F)(F)F)s1. The Balaban J connectivity index is 2.94. The standard InChI is InChI=1S/C8H10F3NO2S/c1-7(13,4-14-2)5-3-12-6(15-5)8(9,10)11/h3,13H,4H2,1-2H3. The van der Waals surface area contributed by atoms with E-state index in [9.17, 15) is 18.3 Å². The number of aliphatic hydroxyl groups is 1. The van der Waals surface area contributed by atoms with Crippen LogP contribution in [-0.4, -0.2) is 23.8 Å². The van der Waals surface area contributed by atoms with E-state index in [0.717, 1.165) is 6.20 Å². The topological polar surface area (TPSA) is 42.4 Å². The average Bonchev–Trinajstić information content (AvgIpc) is 2.50. The third-order valence-corrected chi connectivity index (χ3v) is 3.00. The molecule has 1 heterocycles. The summed E-state index contributed by atoms with van der Waals surface area (Å²) in [7, 11) is 1.36. The highest BCUT2D eigenvalue weighted by molar-refractivity contribution is 7.11. The number of aromatic nitrogens is 1. The maximum Gasteiger partial charge on any atom is 0.443 e. The molecule has 7 heteroatoms. The van der Waals surface area contributed by atoms with Gasteiger partial charge >= 0.3 is 6.18 Å². The van der Waals surface area contributed by atoms with Gasteiger partial charge in [0.05, 0.1) is 11.5 Å². The van der Waals surface area contributed by atoms with E-state index in [1.807, 2.05) is 0 Å². The van der Waals surface area contributed by atoms with Crippen LogP contribution in [0.3, 0.4) is 0 Å². The number of ether oxygens (including phenoxy) is 1. The number of hydrogen-bond donors (Lipinski definition) is 1. The summed E-state index contributed by atoms with van der Waals surface area (Å²) in [6.07, 6.45) is -3.45. The van der Waals surface area contributed by atoms with Gasteiger partial charge in [0.2, 0.25) is 0 Å². The third kappa shape index (κ3) is 2.90. The van der Waals surface area contributed by atoms with E-state index in [-0.39, 0.29) is 11.5 Å². The molecule has 1 rings (SSSR count). The maximum atomic E-state index is 12.2. The van der Waals surface area contributed by atoms with Crippen LogP contribution >= 0.6 is 11.3 Å². The average molecular weight is 241 g/mol. The Kier molecular flexibility index (Phi) is 3.37. The molecular weight excluding hydrogens is 231 g/mol. The van der Waals surface area contributed by atoms with Crippen molar-refractivity contribution in [3.8, 4) is 0 Å². The number of methoxy groups -OCH3 is 1. The van der Waals surface area contributed by atoms with Crippen LogP contribution in [0.4, 0.5) is 13.2 Å². The predicted molar refractivity (Wildman–Crippen MR) is 48.6 cm³/mol. The third-order valence-electron chi connectivity index (χ3n) is 1.70. The van der Waals surface area contributed by atoms with Crippen molar-refractivity contribution in [2.75, 3.05) is 13.7 Å². The van der Waals surface area contributed by atoms with Gasteiger partial charge in [0.1, 0.15) is 5.60 Å². The van der Waals surface area contributed by atoms with Crippen molar-refractivity contribution in [2.45, 2.75) is 18.7 Å². The molecule has 0 bridgehead atoms. The van der Waals surface area contributed by atoms with Crippen LogP contribution in [-0.2, 0) is 16.5 Å². The first kappa shape index (κ1) is 12.4. The highest BCUT2D eigenvalue weighted by atomic mass is 32.1. The molecule has 0 saturated carbocycles. The minimum Gasteiger partial charge on any atom is -0.382 e. The number of halogens is 3. The molecule has 0 radical (unpaired) electrons. The normalized spacial score (nSPS) is 16.4. The Bertz CT molecular complexity index is 335. The van der Waals surface area contributed by atoms with Gasteiger partial charge in [-0.25, -0.2) is 4.98 Å². The van der Waals surface area contributed by atoms with Crippen molar-refractivity contribution >= 4 is 11.3 Å². The van der Waals surface area contributed by atoms with Crippen LogP contribution in [0.2, 0.25) is 0 Å². The summed E-state index contributed by atoms with van der Waals surface area (Å²) in [5.41, 5.74) is -1.43. The highest BCUT2D eigenvalue weighted by Crippen LogP contribution is 2.35. The molecule has 0 aliphatic carbocycles. The lowest BCUT2D eigenvalue weighted by molar-refractivity contribution is -0.137. The van der Waals surface area contributed by atoms with Crippen molar-refractivity contribution in [3.05, 3.63) is 16.1 Å². The summed E-state index contributed by atoms with van der Waals surface area (Å²) in [6.45, 7) is 1.30. The molecule has 0 aliphatic heterocycles. The van der Waals surface area contributed by atoms with Gasteiger partial charge in [-0.3, -0.25) is 0 Å². The van der Waals surface area contributed by atoms with E-state index < -0.39 is 16.8 Å². The molecule has 1 unspecified atom stereocenters. The van der Waals surface area contributed by atoms with E-state index in [2.05, 4.69) is 4.98 Å². The molecule has 15 heavy (non-hydrogen) atoms. The van der Waals surface area contributed by atoms with Crippen molar-refractivity contribution < 1.29 is 23.0 Å². The minimum absolute atomic E-state index is 0.0769. The van der Waals surface area contributed by atoms with E-state index in [0.29, 0.717) is 11.3 Å². The Morgan fingerprint density at radius 1 is 1.53 bits per heavy atom. The Morgan fingerprint density at radius 3 is 2.53 bits per heavy atom.